The third-order valence-corrected chi connectivity index (χ3v) is 3.20. The molecular formula is C16H17N3Pt. The van der Waals surface area contributed by atoms with Gasteiger partial charge in [0.2, 0.25) is 0 Å². The molecule has 0 N–H and O–H groups in total. The van der Waals surface area contributed by atoms with Gasteiger partial charge in [0.15, 0.2) is 0 Å². The standard InChI is InChI=1S/C16H17N3.Pt/c1-16(2,3)19-12-18(13-7-6-10-17-11-13)14-8-4-5-9-15(14)19;/h4-6,8-12H,1-3H3;/q-2;+2. The molecule has 0 radical (unpaired) electrons. The Morgan fingerprint density at radius 2 is 1.85 bits per heavy atom. The Morgan fingerprint density at radius 3 is 2.45 bits per heavy atom. The Hall–Kier alpha value is -1.34. The predicted octanol–water partition coefficient (Wildman–Crippen LogP) is 3.76. The van der Waals surface area contributed by atoms with E-state index in [0.717, 1.165) is 5.69 Å². The first kappa shape index (κ1) is 15.1. The number of hydrogen-bond donors (Lipinski definition) is 0. The van der Waals surface area contributed by atoms with Gasteiger partial charge in [-0.05, 0) is 32.9 Å². The second kappa shape index (κ2) is 5.57. The molecule has 0 spiro atoms. The van der Waals surface area contributed by atoms with Crippen molar-refractivity contribution < 1.29 is 21.1 Å². The van der Waals surface area contributed by atoms with E-state index in [1.54, 1.807) is 6.20 Å². The summed E-state index contributed by atoms with van der Waals surface area (Å²) < 4.78 is 0. The number of benzene rings is 1. The van der Waals surface area contributed by atoms with Gasteiger partial charge >= 0.3 is 21.1 Å². The van der Waals surface area contributed by atoms with Gasteiger partial charge < -0.3 is 14.8 Å². The molecule has 20 heavy (non-hydrogen) atoms. The summed E-state index contributed by atoms with van der Waals surface area (Å²) >= 11 is 0. The van der Waals surface area contributed by atoms with E-state index in [-0.39, 0.29) is 26.6 Å². The number of para-hydroxylation sites is 2. The van der Waals surface area contributed by atoms with Gasteiger partial charge in [0.25, 0.3) is 0 Å². The summed E-state index contributed by atoms with van der Waals surface area (Å²) in [6, 6.07) is 13.5. The summed E-state index contributed by atoms with van der Waals surface area (Å²) in [5, 5.41) is 0. The SMILES string of the molecule is CC(C)(C)N1[CH-]N(c2[c-]ccnc2)c2ccccc21.[Pt+2]. The van der Waals surface area contributed by atoms with Crippen LogP contribution in [-0.2, 0) is 21.1 Å². The molecule has 0 saturated heterocycles. The molecule has 0 saturated carbocycles. The summed E-state index contributed by atoms with van der Waals surface area (Å²) in [7, 11) is 0. The molecule has 0 bridgehead atoms. The minimum atomic E-state index is 0. The van der Waals surface area contributed by atoms with E-state index in [4.69, 9.17) is 0 Å². The fourth-order valence-corrected chi connectivity index (χ4v) is 2.29. The number of anilines is 3. The van der Waals surface area contributed by atoms with Gasteiger partial charge in [-0.1, -0.05) is 30.2 Å². The predicted molar refractivity (Wildman–Crippen MR) is 78.2 cm³/mol. The van der Waals surface area contributed by atoms with Crippen LogP contribution < -0.4 is 9.80 Å². The van der Waals surface area contributed by atoms with Crippen LogP contribution in [0.4, 0.5) is 17.1 Å². The van der Waals surface area contributed by atoms with Crippen molar-refractivity contribution in [3.63, 3.8) is 0 Å². The van der Waals surface area contributed by atoms with Gasteiger partial charge in [-0.2, -0.15) is 18.8 Å². The van der Waals surface area contributed by atoms with Crippen LogP contribution in [0.2, 0.25) is 0 Å². The van der Waals surface area contributed by atoms with Gasteiger partial charge in [0.05, 0.1) is 0 Å². The van der Waals surface area contributed by atoms with Crippen molar-refractivity contribution >= 4 is 17.1 Å². The maximum Gasteiger partial charge on any atom is 2.00 e. The fraction of sp³-hybridized carbons (Fsp3) is 0.250. The summed E-state index contributed by atoms with van der Waals surface area (Å²) in [6.07, 6.45) is 3.58. The summed E-state index contributed by atoms with van der Waals surface area (Å²) in [5.74, 6) is 0. The minimum absolute atomic E-state index is 0. The zero-order chi connectivity index (χ0) is 13.5. The smallest absolute Gasteiger partial charge is 0.497 e. The number of pyridine rings is 1. The Morgan fingerprint density at radius 1 is 1.15 bits per heavy atom. The van der Waals surface area contributed by atoms with E-state index in [9.17, 15) is 0 Å². The van der Waals surface area contributed by atoms with E-state index in [2.05, 4.69) is 72.6 Å². The van der Waals surface area contributed by atoms with Crippen LogP contribution in [0.5, 0.6) is 0 Å². The average molecular weight is 446 g/mol. The van der Waals surface area contributed by atoms with Crippen molar-refractivity contribution in [2.75, 3.05) is 9.80 Å². The van der Waals surface area contributed by atoms with Crippen molar-refractivity contribution in [1.29, 1.82) is 0 Å². The number of aromatic nitrogens is 1. The molecular weight excluding hydrogens is 429 g/mol. The van der Waals surface area contributed by atoms with Crippen LogP contribution in [0.1, 0.15) is 20.8 Å². The van der Waals surface area contributed by atoms with Crippen LogP contribution >= 0.6 is 0 Å². The molecule has 0 atom stereocenters. The molecule has 3 nitrogen and oxygen atoms in total. The fourth-order valence-electron chi connectivity index (χ4n) is 2.29. The van der Waals surface area contributed by atoms with Gasteiger partial charge in [0, 0.05) is 16.9 Å². The molecule has 1 aromatic carbocycles. The third-order valence-electron chi connectivity index (χ3n) is 3.20. The van der Waals surface area contributed by atoms with E-state index >= 15 is 0 Å². The summed E-state index contributed by atoms with van der Waals surface area (Å²) in [6.45, 7) is 8.74. The molecule has 0 fully saturated rings. The van der Waals surface area contributed by atoms with Crippen LogP contribution in [0.3, 0.4) is 0 Å². The van der Waals surface area contributed by atoms with Gasteiger partial charge in [0.1, 0.15) is 0 Å². The second-order valence-corrected chi connectivity index (χ2v) is 5.64. The van der Waals surface area contributed by atoms with Gasteiger partial charge in [-0.15, -0.1) is 0 Å². The molecule has 0 aliphatic carbocycles. The number of rotatable bonds is 1. The van der Waals surface area contributed by atoms with E-state index in [1.807, 2.05) is 12.3 Å². The zero-order valence-corrected chi connectivity index (χ0v) is 14.0. The summed E-state index contributed by atoms with van der Waals surface area (Å²) in [4.78, 5) is 8.59. The maximum atomic E-state index is 4.18. The Kier molecular flexibility index (Phi) is 4.19. The molecule has 1 aliphatic rings. The van der Waals surface area contributed by atoms with Crippen LogP contribution in [-0.4, -0.2) is 10.5 Å². The van der Waals surface area contributed by atoms with E-state index < -0.39 is 0 Å². The van der Waals surface area contributed by atoms with Crippen LogP contribution in [0, 0.1) is 12.7 Å². The minimum Gasteiger partial charge on any atom is -0.497 e. The zero-order valence-electron chi connectivity index (χ0n) is 11.8. The molecule has 1 aliphatic heterocycles. The third kappa shape index (κ3) is 2.60. The van der Waals surface area contributed by atoms with E-state index in [0.29, 0.717) is 0 Å². The first-order valence-corrected chi connectivity index (χ1v) is 6.42. The van der Waals surface area contributed by atoms with Crippen molar-refractivity contribution in [2.45, 2.75) is 26.3 Å². The van der Waals surface area contributed by atoms with E-state index in [1.165, 1.54) is 11.4 Å². The van der Waals surface area contributed by atoms with Gasteiger partial charge in [-0.3, -0.25) is 0 Å². The van der Waals surface area contributed by atoms with Gasteiger partial charge in [-0.25, -0.2) is 0 Å². The maximum absolute atomic E-state index is 4.18. The quantitative estimate of drug-likeness (QED) is 0.622. The monoisotopic (exact) mass is 446 g/mol. The largest absolute Gasteiger partial charge is 2.00 e. The van der Waals surface area contributed by atoms with Crippen molar-refractivity contribution in [2.24, 2.45) is 0 Å². The molecule has 3 rings (SSSR count). The first-order chi connectivity index (χ1) is 9.07. The van der Waals surface area contributed by atoms with Crippen LogP contribution in [0.15, 0.2) is 42.7 Å². The average Bonchev–Trinajstić information content (AvgIpc) is 2.79. The molecule has 2 aromatic rings. The number of hydrogen-bond acceptors (Lipinski definition) is 3. The molecule has 0 amide bonds. The summed E-state index contributed by atoms with van der Waals surface area (Å²) in [5.41, 5.74) is 3.38. The number of nitrogens with zero attached hydrogens (tertiary/aromatic N) is 3. The molecule has 4 heteroatoms. The molecule has 2 heterocycles. The molecule has 1 aromatic heterocycles. The molecule has 106 valence electrons. The van der Waals surface area contributed by atoms with Crippen LogP contribution in [0.25, 0.3) is 0 Å². The second-order valence-electron chi connectivity index (χ2n) is 5.64. The van der Waals surface area contributed by atoms with Crippen molar-refractivity contribution in [1.82, 2.24) is 4.98 Å². The molecule has 0 unspecified atom stereocenters. The van der Waals surface area contributed by atoms with Crippen molar-refractivity contribution in [3.05, 3.63) is 55.5 Å². The first-order valence-electron chi connectivity index (χ1n) is 6.42. The topological polar surface area (TPSA) is 19.4 Å². The normalized spacial score (nSPS) is 13.9. The number of fused-ring (bicyclic) bond motifs is 1. The Labute approximate surface area is 134 Å². The Bertz CT molecular complexity index is 578. The van der Waals surface area contributed by atoms with Crippen molar-refractivity contribution in [3.8, 4) is 0 Å². The Balaban J connectivity index is 0.00000147.